The average Bonchev–Trinajstić information content (AvgIpc) is 3.41. The lowest BCUT2D eigenvalue weighted by Crippen LogP contribution is -2.74. The highest BCUT2D eigenvalue weighted by Crippen LogP contribution is 2.61. The summed E-state index contributed by atoms with van der Waals surface area (Å²) < 4.78 is 0. The van der Waals surface area contributed by atoms with Gasteiger partial charge in [-0.15, -0.1) is 0 Å². The average molecular weight is 541 g/mol. The van der Waals surface area contributed by atoms with Gasteiger partial charge in [0.1, 0.15) is 0 Å². The maximum Gasteiger partial charge on any atom is 0.157 e. The topological polar surface area (TPSA) is 0 Å². The summed E-state index contributed by atoms with van der Waals surface area (Å²) >= 11 is 0. The number of hydrogen-bond donors (Lipinski definition) is 0. The number of rotatable bonds is 6. The normalized spacial score (nSPS) is 16.3. The van der Waals surface area contributed by atoms with Crippen LogP contribution in [0.25, 0.3) is 0 Å². The fraction of sp³-hybridized carbons (Fsp3) is 0.0500. The van der Waals surface area contributed by atoms with Gasteiger partial charge < -0.3 is 0 Å². The van der Waals surface area contributed by atoms with Crippen LogP contribution in [0.1, 0.15) is 22.3 Å². The van der Waals surface area contributed by atoms with Gasteiger partial charge in [0.05, 0.1) is 5.41 Å². The van der Waals surface area contributed by atoms with Crippen molar-refractivity contribution in [2.24, 2.45) is 0 Å². The summed E-state index contributed by atoms with van der Waals surface area (Å²) in [4.78, 5) is 0. The molecule has 0 aliphatic carbocycles. The zero-order valence-electron chi connectivity index (χ0n) is 23.0. The summed E-state index contributed by atoms with van der Waals surface area (Å²) in [6.45, 7) is 0. The minimum absolute atomic E-state index is 0.450. The molecular weight excluding hydrogens is 509 g/mol. The molecule has 0 amide bonds. The molecule has 0 radical (unpaired) electrons. The molecule has 0 saturated carbocycles. The fourth-order valence-electron chi connectivity index (χ4n) is 7.65. The highest BCUT2D eigenvalue weighted by Gasteiger charge is 2.69. The van der Waals surface area contributed by atoms with Crippen LogP contribution in [0.5, 0.6) is 0 Å². The Bertz CT molecular complexity index is 1530. The monoisotopic (exact) mass is 540 g/mol. The molecule has 6 aromatic rings. The third-order valence-electron chi connectivity index (χ3n) is 9.10. The second kappa shape index (κ2) is 10.4. The molecule has 41 heavy (non-hydrogen) atoms. The van der Waals surface area contributed by atoms with E-state index in [-0.39, 0.29) is 0 Å². The number of allylic oxidation sites excluding steroid dienone is 1. The van der Waals surface area contributed by atoms with Crippen molar-refractivity contribution in [3.63, 3.8) is 0 Å². The van der Waals surface area contributed by atoms with Crippen molar-refractivity contribution < 1.29 is 0 Å². The quantitative estimate of drug-likeness (QED) is 0.189. The van der Waals surface area contributed by atoms with E-state index >= 15 is 0 Å². The van der Waals surface area contributed by atoms with Gasteiger partial charge in [-0.3, -0.25) is 0 Å². The molecule has 1 aliphatic heterocycles. The predicted octanol–water partition coefficient (Wildman–Crippen LogP) is 7.87. The van der Waals surface area contributed by atoms with Gasteiger partial charge in [0, 0.05) is 5.04 Å². The van der Waals surface area contributed by atoms with E-state index in [4.69, 9.17) is 0 Å². The van der Waals surface area contributed by atoms with E-state index < -0.39 is 18.5 Å². The summed E-state index contributed by atoms with van der Waals surface area (Å²) in [5.41, 5.74) is 7.45. The SMILES string of the molecule is C1=C[Si](c2ccccc2)(c2ccccc2)C(c2ccccc2)(c2ccccc2)C1(c1ccccc1)c1ccccc1. The molecule has 0 fully saturated rings. The van der Waals surface area contributed by atoms with Crippen LogP contribution in [0.4, 0.5) is 0 Å². The fourth-order valence-corrected chi connectivity index (χ4v) is 13.7. The molecule has 0 nitrogen and oxygen atoms in total. The van der Waals surface area contributed by atoms with Crippen molar-refractivity contribution in [1.29, 1.82) is 0 Å². The lowest BCUT2D eigenvalue weighted by atomic mass is 9.60. The van der Waals surface area contributed by atoms with Gasteiger partial charge in [0.2, 0.25) is 0 Å². The predicted molar refractivity (Wildman–Crippen MR) is 174 cm³/mol. The third-order valence-corrected chi connectivity index (χ3v) is 14.4. The first kappa shape index (κ1) is 25.3. The Morgan fingerprint density at radius 2 is 0.610 bits per heavy atom. The maximum atomic E-state index is 2.65. The van der Waals surface area contributed by atoms with E-state index in [9.17, 15) is 0 Å². The summed E-state index contributed by atoms with van der Waals surface area (Å²) in [7, 11) is -2.83. The number of hydrogen-bond acceptors (Lipinski definition) is 0. The van der Waals surface area contributed by atoms with Gasteiger partial charge in [0.25, 0.3) is 0 Å². The van der Waals surface area contributed by atoms with E-state index in [1.807, 2.05) is 0 Å². The van der Waals surface area contributed by atoms with E-state index in [1.165, 1.54) is 32.6 Å². The Hall–Kier alpha value is -4.72. The van der Waals surface area contributed by atoms with Gasteiger partial charge in [-0.2, -0.15) is 0 Å². The number of benzene rings is 6. The highest BCUT2D eigenvalue weighted by atomic mass is 28.3. The molecule has 196 valence electrons. The van der Waals surface area contributed by atoms with Gasteiger partial charge in [-0.05, 0) is 32.6 Å². The van der Waals surface area contributed by atoms with Crippen molar-refractivity contribution in [3.05, 3.63) is 216 Å². The Kier molecular flexibility index (Phi) is 6.38. The first-order valence-electron chi connectivity index (χ1n) is 14.4. The molecule has 1 aliphatic rings. The molecular formula is C40H32Si. The summed E-state index contributed by atoms with van der Waals surface area (Å²) in [5.74, 6) is 0. The Labute approximate surface area is 244 Å². The maximum absolute atomic E-state index is 2.83. The van der Waals surface area contributed by atoms with Crippen LogP contribution in [0.3, 0.4) is 0 Å². The van der Waals surface area contributed by atoms with Crippen LogP contribution < -0.4 is 10.4 Å². The van der Waals surface area contributed by atoms with Crippen LogP contribution in [0, 0.1) is 0 Å². The lowest BCUT2D eigenvalue weighted by molar-refractivity contribution is 0.499. The molecule has 1 heteroatoms. The Balaban J connectivity index is 1.77. The van der Waals surface area contributed by atoms with Crippen molar-refractivity contribution in [3.8, 4) is 0 Å². The zero-order valence-corrected chi connectivity index (χ0v) is 24.0. The standard InChI is InChI=1S/C40H32Si/c1-7-19-33(20-8-1)39(34-21-9-2-10-22-34)31-32-41(37-27-15-5-16-28-37,38-29-17-6-18-30-38)40(39,35-23-11-3-12-24-35)36-25-13-4-14-26-36/h1-32H. The van der Waals surface area contributed by atoms with Gasteiger partial charge >= 0.3 is 0 Å². The lowest BCUT2D eigenvalue weighted by Gasteiger charge is -2.56. The van der Waals surface area contributed by atoms with Gasteiger partial charge in [-0.25, -0.2) is 0 Å². The minimum Gasteiger partial charge on any atom is -0.0877 e. The highest BCUT2D eigenvalue weighted by molar-refractivity contribution is 7.09. The van der Waals surface area contributed by atoms with Gasteiger partial charge in [-0.1, -0.05) is 194 Å². The molecule has 1 heterocycles. The Morgan fingerprint density at radius 1 is 0.317 bits per heavy atom. The van der Waals surface area contributed by atoms with Crippen LogP contribution in [0.15, 0.2) is 194 Å². The van der Waals surface area contributed by atoms with Crippen molar-refractivity contribution in [2.75, 3.05) is 0 Å². The molecule has 0 bridgehead atoms. The summed E-state index contributed by atoms with van der Waals surface area (Å²) in [6, 6.07) is 67.6. The second-order valence-electron chi connectivity index (χ2n) is 10.9. The first-order valence-corrected chi connectivity index (χ1v) is 16.5. The molecule has 0 aromatic heterocycles. The molecule has 0 atom stereocenters. The van der Waals surface area contributed by atoms with Crippen LogP contribution in [0.2, 0.25) is 0 Å². The van der Waals surface area contributed by atoms with E-state index in [0.29, 0.717) is 0 Å². The first-order chi connectivity index (χ1) is 20.3. The Morgan fingerprint density at radius 3 is 0.951 bits per heavy atom. The molecule has 0 N–H and O–H groups in total. The smallest absolute Gasteiger partial charge is 0.0877 e. The third kappa shape index (κ3) is 3.59. The zero-order chi connectivity index (χ0) is 27.6. The largest absolute Gasteiger partial charge is 0.157 e. The van der Waals surface area contributed by atoms with E-state index in [2.05, 4.69) is 194 Å². The molecule has 7 rings (SSSR count). The van der Waals surface area contributed by atoms with E-state index in [1.54, 1.807) is 0 Å². The van der Waals surface area contributed by atoms with Crippen molar-refractivity contribution >= 4 is 18.4 Å². The van der Waals surface area contributed by atoms with Crippen molar-refractivity contribution in [1.82, 2.24) is 0 Å². The minimum atomic E-state index is -2.83. The molecule has 6 aromatic carbocycles. The van der Waals surface area contributed by atoms with Crippen molar-refractivity contribution in [2.45, 2.75) is 10.5 Å². The van der Waals surface area contributed by atoms with Crippen LogP contribution in [-0.2, 0) is 10.5 Å². The molecule has 0 unspecified atom stereocenters. The second-order valence-corrected chi connectivity index (χ2v) is 14.7. The molecule has 0 spiro atoms. The van der Waals surface area contributed by atoms with Gasteiger partial charge in [0.15, 0.2) is 8.07 Å². The van der Waals surface area contributed by atoms with Crippen LogP contribution in [-0.4, -0.2) is 8.07 Å². The van der Waals surface area contributed by atoms with E-state index in [0.717, 1.165) is 0 Å². The molecule has 0 saturated heterocycles. The summed E-state index contributed by atoms with van der Waals surface area (Å²) in [5, 5.41) is 2.36. The summed E-state index contributed by atoms with van der Waals surface area (Å²) in [6.07, 6.45) is 2.57. The van der Waals surface area contributed by atoms with Crippen LogP contribution >= 0.6 is 0 Å².